The van der Waals surface area contributed by atoms with Crippen molar-refractivity contribution in [3.05, 3.63) is 52.6 Å². The smallest absolute Gasteiger partial charge is 0.339 e. The number of anilines is 1. The highest BCUT2D eigenvalue weighted by Crippen LogP contribution is 2.54. The fourth-order valence-electron chi connectivity index (χ4n) is 3.89. The number of hydrogen-bond donors (Lipinski definition) is 1. The minimum atomic E-state index is -1.91. The molecule has 0 aliphatic carbocycles. The normalized spacial score (nSPS) is 20.4. The van der Waals surface area contributed by atoms with Crippen LogP contribution >= 0.6 is 0 Å². The number of amides is 1. The number of hydrogen-bond acceptors (Lipinski definition) is 8. The molecule has 0 unspecified atom stereocenters. The fraction of sp³-hybridized carbons (Fsp3) is 0.364. The Bertz CT molecular complexity index is 1090. The van der Waals surface area contributed by atoms with Crippen LogP contribution < -0.4 is 10.6 Å². The molecule has 1 aromatic carbocycles. The molecule has 31 heavy (non-hydrogen) atoms. The molecular weight excluding hydrogens is 402 g/mol. The molecule has 3 rings (SSSR count). The number of benzene rings is 1. The van der Waals surface area contributed by atoms with Gasteiger partial charge in [0.1, 0.15) is 35.1 Å². The first-order chi connectivity index (χ1) is 14.5. The molecule has 0 saturated carbocycles. The summed E-state index contributed by atoms with van der Waals surface area (Å²) in [6, 6.07) is 8.51. The number of nitriles is 1. The van der Waals surface area contributed by atoms with E-state index in [-0.39, 0.29) is 22.8 Å². The predicted molar refractivity (Wildman–Crippen MR) is 109 cm³/mol. The van der Waals surface area contributed by atoms with Gasteiger partial charge >= 0.3 is 11.9 Å². The molecule has 1 aromatic rings. The van der Waals surface area contributed by atoms with Crippen LogP contribution in [0.1, 0.15) is 33.3 Å². The second kappa shape index (κ2) is 7.47. The molecule has 0 radical (unpaired) electrons. The van der Waals surface area contributed by atoms with Crippen LogP contribution in [0, 0.1) is 11.3 Å². The lowest BCUT2D eigenvalue weighted by Gasteiger charge is -2.35. The van der Waals surface area contributed by atoms with E-state index in [1.165, 1.54) is 18.9 Å². The number of ether oxygens (including phenoxy) is 3. The average Bonchev–Trinajstić information content (AvgIpc) is 2.90. The van der Waals surface area contributed by atoms with Gasteiger partial charge in [0.15, 0.2) is 5.41 Å². The van der Waals surface area contributed by atoms with Crippen molar-refractivity contribution >= 4 is 23.5 Å². The molecule has 1 amide bonds. The maximum Gasteiger partial charge on any atom is 0.339 e. The highest BCUT2D eigenvalue weighted by Gasteiger charge is 2.62. The van der Waals surface area contributed by atoms with Gasteiger partial charge < -0.3 is 19.9 Å². The van der Waals surface area contributed by atoms with E-state index in [0.29, 0.717) is 11.3 Å². The summed E-state index contributed by atoms with van der Waals surface area (Å²) in [7, 11) is 1.20. The van der Waals surface area contributed by atoms with Gasteiger partial charge in [0.05, 0.1) is 7.11 Å². The summed E-state index contributed by atoms with van der Waals surface area (Å²) >= 11 is 0. The molecule has 9 nitrogen and oxygen atoms in total. The zero-order valence-corrected chi connectivity index (χ0v) is 17.9. The summed E-state index contributed by atoms with van der Waals surface area (Å²) < 4.78 is 15.8. The number of esters is 2. The van der Waals surface area contributed by atoms with Crippen molar-refractivity contribution in [3.8, 4) is 6.07 Å². The zero-order valence-electron chi connectivity index (χ0n) is 17.9. The van der Waals surface area contributed by atoms with Crippen molar-refractivity contribution in [2.75, 3.05) is 18.6 Å². The van der Waals surface area contributed by atoms with E-state index in [4.69, 9.17) is 19.9 Å². The highest BCUT2D eigenvalue weighted by atomic mass is 16.6. The molecule has 2 heterocycles. The summed E-state index contributed by atoms with van der Waals surface area (Å²) in [5, 5.41) is 9.96. The Morgan fingerprint density at radius 2 is 1.94 bits per heavy atom. The minimum Gasteiger partial charge on any atom is -0.468 e. The molecule has 0 aromatic heterocycles. The zero-order chi connectivity index (χ0) is 23.1. The predicted octanol–water partition coefficient (Wildman–Crippen LogP) is 1.78. The van der Waals surface area contributed by atoms with Gasteiger partial charge in [-0.25, -0.2) is 4.79 Å². The third-order valence-corrected chi connectivity index (χ3v) is 5.01. The number of methoxy groups -OCH3 is 1. The maximum atomic E-state index is 13.9. The largest absolute Gasteiger partial charge is 0.468 e. The Balaban J connectivity index is 2.35. The Labute approximate surface area is 179 Å². The Morgan fingerprint density at radius 1 is 1.29 bits per heavy atom. The van der Waals surface area contributed by atoms with Gasteiger partial charge in [-0.05, 0) is 33.8 Å². The first-order valence-corrected chi connectivity index (χ1v) is 9.50. The standard InChI is InChI=1S/C22H23N3O6/c1-12-17(19(27)31-21(2,3)4)22(14(10-23)18(24)30-12)13-8-6-7-9-15(13)25(20(22)28)11-16(26)29-5/h6-9H,11,24H2,1-5H3/t22-/m1/s1. The lowest BCUT2D eigenvalue weighted by Crippen LogP contribution is -2.50. The Kier molecular flexibility index (Phi) is 5.28. The van der Waals surface area contributed by atoms with Crippen LogP contribution in [0.4, 0.5) is 5.69 Å². The van der Waals surface area contributed by atoms with E-state index in [1.807, 2.05) is 6.07 Å². The molecular formula is C22H23N3O6. The molecule has 2 aliphatic rings. The van der Waals surface area contributed by atoms with Crippen LogP contribution in [0.2, 0.25) is 0 Å². The van der Waals surface area contributed by atoms with Crippen LogP contribution in [-0.2, 0) is 34.0 Å². The van der Waals surface area contributed by atoms with Crippen LogP contribution in [-0.4, -0.2) is 37.1 Å². The summed E-state index contributed by atoms with van der Waals surface area (Å²) in [6.07, 6.45) is 0. The Morgan fingerprint density at radius 3 is 2.52 bits per heavy atom. The number of nitrogens with zero attached hydrogens (tertiary/aromatic N) is 2. The molecule has 0 saturated heterocycles. The van der Waals surface area contributed by atoms with Crippen LogP contribution in [0.3, 0.4) is 0 Å². The van der Waals surface area contributed by atoms with Crippen molar-refractivity contribution in [1.82, 2.24) is 0 Å². The molecule has 9 heteroatoms. The number of carbonyl (C=O) groups excluding carboxylic acids is 3. The van der Waals surface area contributed by atoms with E-state index in [1.54, 1.807) is 45.0 Å². The first kappa shape index (κ1) is 21.9. The van der Waals surface area contributed by atoms with Gasteiger partial charge in [-0.2, -0.15) is 5.26 Å². The topological polar surface area (TPSA) is 132 Å². The van der Waals surface area contributed by atoms with Crippen molar-refractivity contribution < 1.29 is 28.6 Å². The quantitative estimate of drug-likeness (QED) is 0.725. The van der Waals surface area contributed by atoms with Gasteiger partial charge in [0.25, 0.3) is 0 Å². The molecule has 162 valence electrons. The van der Waals surface area contributed by atoms with E-state index >= 15 is 0 Å². The number of allylic oxidation sites excluding steroid dienone is 1. The van der Waals surface area contributed by atoms with Gasteiger partial charge in [-0.3, -0.25) is 14.5 Å². The molecule has 1 atom stereocenters. The highest BCUT2D eigenvalue weighted by molar-refractivity contribution is 6.19. The first-order valence-electron chi connectivity index (χ1n) is 9.50. The third kappa shape index (κ3) is 3.30. The van der Waals surface area contributed by atoms with Gasteiger partial charge in [0, 0.05) is 11.3 Å². The molecule has 2 N–H and O–H groups in total. The van der Waals surface area contributed by atoms with Crippen LogP contribution in [0.25, 0.3) is 0 Å². The number of rotatable bonds is 3. The van der Waals surface area contributed by atoms with Gasteiger partial charge in [0.2, 0.25) is 11.8 Å². The third-order valence-electron chi connectivity index (χ3n) is 5.01. The van der Waals surface area contributed by atoms with E-state index in [2.05, 4.69) is 0 Å². The molecule has 0 fully saturated rings. The van der Waals surface area contributed by atoms with E-state index in [9.17, 15) is 19.6 Å². The van der Waals surface area contributed by atoms with Crippen molar-refractivity contribution in [1.29, 1.82) is 5.26 Å². The minimum absolute atomic E-state index is 0.0359. The number of para-hydroxylation sites is 1. The monoisotopic (exact) mass is 425 g/mol. The van der Waals surface area contributed by atoms with Crippen molar-refractivity contribution in [2.45, 2.75) is 38.7 Å². The maximum absolute atomic E-state index is 13.9. The van der Waals surface area contributed by atoms with Gasteiger partial charge in [-0.15, -0.1) is 0 Å². The van der Waals surface area contributed by atoms with Crippen LogP contribution in [0.15, 0.2) is 47.1 Å². The summed E-state index contributed by atoms with van der Waals surface area (Å²) in [4.78, 5) is 40.4. The molecule has 2 aliphatic heterocycles. The van der Waals surface area contributed by atoms with Gasteiger partial charge in [-0.1, -0.05) is 18.2 Å². The Hall–Kier alpha value is -3.80. The number of nitrogens with two attached hydrogens (primary N) is 1. The SMILES string of the molecule is COC(=O)CN1C(=O)[C@@]2(C(C#N)=C(N)OC(C)=C2C(=O)OC(C)(C)C)c2ccccc21. The molecule has 0 bridgehead atoms. The van der Waals surface area contributed by atoms with Crippen LogP contribution in [0.5, 0.6) is 0 Å². The van der Waals surface area contributed by atoms with E-state index in [0.717, 1.165) is 0 Å². The average molecular weight is 425 g/mol. The van der Waals surface area contributed by atoms with Crippen molar-refractivity contribution in [3.63, 3.8) is 0 Å². The molecule has 1 spiro atoms. The summed E-state index contributed by atoms with van der Waals surface area (Å²) in [5.41, 5.74) is 3.50. The summed E-state index contributed by atoms with van der Waals surface area (Å²) in [5.74, 6) is -2.44. The second-order valence-corrected chi connectivity index (χ2v) is 8.12. The van der Waals surface area contributed by atoms with E-state index < -0.39 is 35.4 Å². The number of fused-ring (bicyclic) bond motifs is 2. The lowest BCUT2D eigenvalue weighted by molar-refractivity contribution is -0.151. The second-order valence-electron chi connectivity index (χ2n) is 8.12. The number of carbonyl (C=O) groups is 3. The van der Waals surface area contributed by atoms with Crippen molar-refractivity contribution in [2.24, 2.45) is 5.73 Å². The summed E-state index contributed by atoms with van der Waals surface area (Å²) in [6.45, 7) is 6.11. The fourth-order valence-corrected chi connectivity index (χ4v) is 3.89. The lowest BCUT2D eigenvalue weighted by atomic mass is 9.68.